The van der Waals surface area contributed by atoms with Gasteiger partial charge in [0, 0.05) is 7.05 Å². The summed E-state index contributed by atoms with van der Waals surface area (Å²) < 4.78 is 0. The number of phenolic OH excluding ortho intramolecular Hbond substituents is 1. The summed E-state index contributed by atoms with van der Waals surface area (Å²) in [6.45, 7) is 5.34. The van der Waals surface area contributed by atoms with Gasteiger partial charge in [0.15, 0.2) is 6.67 Å². The molecule has 1 atom stereocenters. The number of aryl methyl sites for hydroxylation is 2. The van der Waals surface area contributed by atoms with Crippen molar-refractivity contribution in [2.45, 2.75) is 96.4 Å². The summed E-state index contributed by atoms with van der Waals surface area (Å²) in [4.78, 5) is 35.7. The number of phenols is 1. The van der Waals surface area contributed by atoms with Crippen molar-refractivity contribution in [3.05, 3.63) is 70.1 Å². The molecule has 244 valence electrons. The van der Waals surface area contributed by atoms with Crippen LogP contribution in [0.15, 0.2) is 53.7 Å². The number of hydrogen-bond acceptors (Lipinski definition) is 7. The molecule has 4 rings (SSSR count). The summed E-state index contributed by atoms with van der Waals surface area (Å²) in [6.07, 6.45) is 13.1. The minimum absolute atomic E-state index is 0.0467. The van der Waals surface area contributed by atoms with Gasteiger partial charge in [0.2, 0.25) is 11.8 Å². The second-order valence-electron chi connectivity index (χ2n) is 12.0. The van der Waals surface area contributed by atoms with Crippen LogP contribution >= 0.6 is 0 Å². The Hall–Kier alpha value is -3.30. The van der Waals surface area contributed by atoms with E-state index in [1.54, 1.807) is 24.7 Å². The molecule has 44 heavy (non-hydrogen) atoms. The number of likely N-dealkylation sites (N-methyl/N-ethyl adjacent to an activating group) is 1. The average molecular weight is 610 g/mol. The maximum absolute atomic E-state index is 12.7. The number of aromatic hydroxyl groups is 1. The van der Waals surface area contributed by atoms with Crippen LogP contribution in [0, 0.1) is 17.7 Å². The van der Waals surface area contributed by atoms with Crippen LogP contribution in [0.1, 0.15) is 93.7 Å². The zero-order valence-corrected chi connectivity index (χ0v) is 27.1. The number of rotatable bonds is 13. The van der Waals surface area contributed by atoms with Crippen LogP contribution in [0.3, 0.4) is 0 Å². The van der Waals surface area contributed by atoms with Crippen LogP contribution in [0.2, 0.25) is 0 Å². The average Bonchev–Trinajstić information content (AvgIpc) is 3.01. The summed E-state index contributed by atoms with van der Waals surface area (Å²) >= 11 is 0. The summed E-state index contributed by atoms with van der Waals surface area (Å²) in [7, 11) is 1.62. The molecule has 9 nitrogen and oxygen atoms in total. The van der Waals surface area contributed by atoms with Crippen molar-refractivity contribution in [2.24, 2.45) is 16.8 Å². The molecule has 0 bridgehead atoms. The van der Waals surface area contributed by atoms with Gasteiger partial charge in [0.1, 0.15) is 5.75 Å². The lowest BCUT2D eigenvalue weighted by molar-refractivity contribution is -0.137. The molecule has 2 aromatic rings. The van der Waals surface area contributed by atoms with E-state index < -0.39 is 0 Å². The molecule has 2 amide bonds. The second-order valence-corrected chi connectivity index (χ2v) is 12.0. The van der Waals surface area contributed by atoms with Gasteiger partial charge in [-0.05, 0) is 105 Å². The first-order valence-electron chi connectivity index (χ1n) is 16.4. The zero-order chi connectivity index (χ0) is 32.2. The van der Waals surface area contributed by atoms with E-state index in [0.29, 0.717) is 11.7 Å². The third-order valence-corrected chi connectivity index (χ3v) is 8.38. The second kappa shape index (κ2) is 21.4. The molecule has 2 aliphatic rings. The van der Waals surface area contributed by atoms with E-state index in [0.717, 1.165) is 64.0 Å². The van der Waals surface area contributed by atoms with Gasteiger partial charge >= 0.3 is 0 Å². The number of nitroso groups, excluding NO2 is 1. The minimum atomic E-state index is -0.367. The molecule has 0 radical (unpaired) electrons. The first-order valence-corrected chi connectivity index (χ1v) is 16.4. The molecule has 2 fully saturated rings. The Labute approximate surface area is 264 Å². The van der Waals surface area contributed by atoms with E-state index >= 15 is 0 Å². The van der Waals surface area contributed by atoms with Crippen LogP contribution in [0.5, 0.6) is 5.75 Å². The zero-order valence-electron chi connectivity index (χ0n) is 27.1. The Balaban J connectivity index is 0.000000258. The van der Waals surface area contributed by atoms with Crippen LogP contribution < -0.4 is 16.4 Å². The Morgan fingerprint density at radius 2 is 1.70 bits per heavy atom. The smallest absolute Gasteiger partial charge is 0.241 e. The van der Waals surface area contributed by atoms with Gasteiger partial charge in [-0.3, -0.25) is 9.59 Å². The highest BCUT2D eigenvalue weighted by atomic mass is 16.3. The molecule has 2 saturated carbocycles. The highest BCUT2D eigenvalue weighted by molar-refractivity contribution is 5.87. The lowest BCUT2D eigenvalue weighted by Crippen LogP contribution is -2.51. The van der Waals surface area contributed by atoms with Gasteiger partial charge < -0.3 is 26.4 Å². The van der Waals surface area contributed by atoms with Gasteiger partial charge in [-0.25, -0.2) is 0 Å². The molecule has 1 unspecified atom stereocenters. The van der Waals surface area contributed by atoms with Crippen molar-refractivity contribution in [1.29, 1.82) is 0 Å². The summed E-state index contributed by atoms with van der Waals surface area (Å²) in [5.41, 5.74) is 9.84. The SMILES string of the molecule is CCCNC(C(=O)N(C)CC(=O)NCN=O)C1CCCCC1.Cc1ccc(O)cc1.NCCCc1ccccc1C1CCC1. The fourth-order valence-corrected chi connectivity index (χ4v) is 5.65. The molecule has 0 aromatic heterocycles. The minimum Gasteiger partial charge on any atom is -0.508 e. The number of hydrogen-bond donors (Lipinski definition) is 4. The first-order chi connectivity index (χ1) is 21.3. The predicted octanol–water partition coefficient (Wildman–Crippen LogP) is 5.78. The van der Waals surface area contributed by atoms with Gasteiger partial charge in [-0.15, -0.1) is 4.91 Å². The van der Waals surface area contributed by atoms with E-state index in [9.17, 15) is 14.5 Å². The standard InChI is InChI=1S/C15H28N4O3.C13H19N.C7H8O/c1-3-9-16-14(12-7-5-4-6-8-12)15(21)19(2)10-13(20)17-11-18-22;14-10-4-8-11-5-1-2-9-13(11)12-6-3-7-12;1-6-2-4-7(8)5-3-6/h12,14,16H,3-11H2,1-2H3,(H,17,20);1-2,5,9,12H,3-4,6-8,10,14H2;2-5,8H,1H3. The van der Waals surface area contributed by atoms with Crippen LogP contribution in [0.25, 0.3) is 0 Å². The fraction of sp³-hybridized carbons (Fsp3) is 0.600. The lowest BCUT2D eigenvalue weighted by atomic mass is 9.77. The number of nitrogens with zero attached hydrogens (tertiary/aromatic N) is 2. The Morgan fingerprint density at radius 3 is 2.27 bits per heavy atom. The Bertz CT molecular complexity index is 1080. The van der Waals surface area contributed by atoms with Gasteiger partial charge in [-0.1, -0.05) is 74.6 Å². The number of nitrogens with one attached hydrogen (secondary N) is 2. The number of carbonyl (C=O) groups excluding carboxylic acids is 2. The molecule has 9 heteroatoms. The van der Waals surface area contributed by atoms with E-state index in [1.807, 2.05) is 19.1 Å². The van der Waals surface area contributed by atoms with Crippen molar-refractivity contribution in [3.8, 4) is 5.75 Å². The summed E-state index contributed by atoms with van der Waals surface area (Å²) in [5, 5.41) is 17.0. The maximum Gasteiger partial charge on any atom is 0.241 e. The largest absolute Gasteiger partial charge is 0.508 e. The third-order valence-electron chi connectivity index (χ3n) is 8.38. The van der Waals surface area contributed by atoms with E-state index in [2.05, 4.69) is 47.0 Å². The first kappa shape index (κ1) is 36.9. The van der Waals surface area contributed by atoms with Gasteiger partial charge in [0.25, 0.3) is 0 Å². The third kappa shape index (κ3) is 13.6. The highest BCUT2D eigenvalue weighted by Gasteiger charge is 2.31. The van der Waals surface area contributed by atoms with Crippen molar-refractivity contribution in [1.82, 2.24) is 15.5 Å². The maximum atomic E-state index is 12.7. The van der Waals surface area contributed by atoms with Crippen LogP contribution in [-0.2, 0) is 16.0 Å². The van der Waals surface area contributed by atoms with Gasteiger partial charge in [-0.2, -0.15) is 0 Å². The highest BCUT2D eigenvalue weighted by Crippen LogP contribution is 2.38. The normalized spacial score (nSPS) is 15.4. The summed E-state index contributed by atoms with van der Waals surface area (Å²) in [6, 6.07) is 15.8. The number of benzene rings is 2. The number of carbonyl (C=O) groups is 2. The molecule has 2 aliphatic carbocycles. The number of nitrogens with two attached hydrogens (primary N) is 1. The van der Waals surface area contributed by atoms with Crippen molar-refractivity contribution < 1.29 is 14.7 Å². The molecule has 2 aromatic carbocycles. The van der Waals surface area contributed by atoms with Crippen molar-refractivity contribution >= 4 is 11.8 Å². The monoisotopic (exact) mass is 609 g/mol. The van der Waals surface area contributed by atoms with Crippen molar-refractivity contribution in [3.63, 3.8) is 0 Å². The van der Waals surface area contributed by atoms with Crippen LogP contribution in [-0.4, -0.2) is 61.2 Å². The predicted molar refractivity (Wildman–Crippen MR) is 178 cm³/mol. The molecule has 0 saturated heterocycles. The molecular weight excluding hydrogens is 554 g/mol. The molecule has 5 N–H and O–H groups in total. The molecule has 0 spiro atoms. The Morgan fingerprint density at radius 1 is 1.02 bits per heavy atom. The van der Waals surface area contributed by atoms with Crippen molar-refractivity contribution in [2.75, 3.05) is 33.4 Å². The fourth-order valence-electron chi connectivity index (χ4n) is 5.65. The topological polar surface area (TPSA) is 137 Å². The lowest BCUT2D eigenvalue weighted by Gasteiger charge is -2.32. The van der Waals surface area contributed by atoms with E-state index in [4.69, 9.17) is 10.8 Å². The number of amides is 2. The van der Waals surface area contributed by atoms with E-state index in [1.165, 1.54) is 41.7 Å². The summed E-state index contributed by atoms with van der Waals surface area (Å²) in [5.74, 6) is 1.11. The molecule has 0 heterocycles. The molecular formula is C35H55N5O4. The van der Waals surface area contributed by atoms with Crippen LogP contribution in [0.4, 0.5) is 0 Å². The Kier molecular flexibility index (Phi) is 17.9. The van der Waals surface area contributed by atoms with Gasteiger partial charge in [0.05, 0.1) is 12.6 Å². The molecule has 0 aliphatic heterocycles. The van der Waals surface area contributed by atoms with E-state index in [-0.39, 0.29) is 31.1 Å². The quantitative estimate of drug-likeness (QED) is 0.213.